The van der Waals surface area contributed by atoms with E-state index < -0.39 is 5.54 Å². The molecule has 0 bridgehead atoms. The molecule has 1 atom stereocenters. The number of hydrogen-bond donors (Lipinski definition) is 1. The van der Waals surface area contributed by atoms with Gasteiger partial charge in [-0.15, -0.1) is 0 Å². The number of aromatic nitrogens is 1. The lowest BCUT2D eigenvalue weighted by Crippen LogP contribution is -2.20. The number of fused-ring (bicyclic) bond motifs is 2. The zero-order chi connectivity index (χ0) is 14.3. The van der Waals surface area contributed by atoms with Gasteiger partial charge >= 0.3 is 0 Å². The van der Waals surface area contributed by atoms with E-state index in [1.807, 2.05) is 36.5 Å². The number of nitrogens with one attached hydrogen (secondary N) is 1. The van der Waals surface area contributed by atoms with Crippen molar-refractivity contribution in [2.75, 3.05) is 0 Å². The second-order valence-electron chi connectivity index (χ2n) is 5.45. The van der Waals surface area contributed by atoms with Crippen molar-refractivity contribution < 1.29 is 0 Å². The highest BCUT2D eigenvalue weighted by Crippen LogP contribution is 2.47. The molecule has 0 radical (unpaired) electrons. The summed E-state index contributed by atoms with van der Waals surface area (Å²) in [5, 5.41) is 5.38. The van der Waals surface area contributed by atoms with Crippen LogP contribution in [0.15, 0.2) is 59.8 Å². The average Bonchev–Trinajstić information content (AvgIpc) is 3.11. The van der Waals surface area contributed by atoms with Crippen LogP contribution in [0, 0.1) is 0 Å². The molecule has 2 aromatic carbocycles. The summed E-state index contributed by atoms with van der Waals surface area (Å²) in [7, 11) is 0. The first kappa shape index (κ1) is 12.1. The van der Waals surface area contributed by atoms with Gasteiger partial charge < -0.3 is 4.98 Å². The first-order valence-corrected chi connectivity index (χ1v) is 7.06. The molecule has 4 nitrogen and oxygen atoms in total. The van der Waals surface area contributed by atoms with Gasteiger partial charge in [-0.2, -0.15) is 0 Å². The lowest BCUT2D eigenvalue weighted by molar-refractivity contribution is 0.536. The van der Waals surface area contributed by atoms with E-state index in [4.69, 9.17) is 5.53 Å². The van der Waals surface area contributed by atoms with Crippen molar-refractivity contribution in [3.8, 4) is 0 Å². The number of nitrogens with zero attached hydrogens (tertiary/aromatic N) is 3. The predicted octanol–water partition coefficient (Wildman–Crippen LogP) is 4.67. The molecular weight excluding hydrogens is 260 g/mol. The summed E-state index contributed by atoms with van der Waals surface area (Å²) in [6.07, 6.45) is 3.74. The van der Waals surface area contributed by atoms with Crippen molar-refractivity contribution in [2.24, 2.45) is 5.11 Å². The minimum atomic E-state index is -0.592. The van der Waals surface area contributed by atoms with Crippen molar-refractivity contribution in [1.29, 1.82) is 0 Å². The predicted molar refractivity (Wildman–Crippen MR) is 83.0 cm³/mol. The number of azide groups is 1. The van der Waals surface area contributed by atoms with E-state index in [2.05, 4.69) is 33.2 Å². The summed E-state index contributed by atoms with van der Waals surface area (Å²) >= 11 is 0. The van der Waals surface area contributed by atoms with Gasteiger partial charge in [-0.3, -0.25) is 0 Å². The highest BCUT2D eigenvalue weighted by molar-refractivity contribution is 5.85. The van der Waals surface area contributed by atoms with Crippen LogP contribution in [-0.2, 0) is 12.0 Å². The van der Waals surface area contributed by atoms with Crippen LogP contribution >= 0.6 is 0 Å². The Morgan fingerprint density at radius 1 is 1.05 bits per heavy atom. The summed E-state index contributed by atoms with van der Waals surface area (Å²) in [4.78, 5) is 6.46. The van der Waals surface area contributed by atoms with Gasteiger partial charge in [0.15, 0.2) is 0 Å². The number of aryl methyl sites for hydroxylation is 1. The Bertz CT molecular complexity index is 873. The third-order valence-corrected chi connectivity index (χ3v) is 4.47. The molecule has 4 heteroatoms. The van der Waals surface area contributed by atoms with Crippen LogP contribution in [0.5, 0.6) is 0 Å². The van der Waals surface area contributed by atoms with Gasteiger partial charge in [0.05, 0.1) is 0 Å². The van der Waals surface area contributed by atoms with Gasteiger partial charge in [0.25, 0.3) is 0 Å². The van der Waals surface area contributed by atoms with Crippen LogP contribution in [0.4, 0.5) is 0 Å². The van der Waals surface area contributed by atoms with E-state index >= 15 is 0 Å². The largest absolute Gasteiger partial charge is 0.361 e. The fourth-order valence-electron chi connectivity index (χ4n) is 3.52. The van der Waals surface area contributed by atoms with E-state index in [1.165, 1.54) is 5.56 Å². The Morgan fingerprint density at radius 3 is 2.76 bits per heavy atom. The first-order valence-electron chi connectivity index (χ1n) is 7.06. The van der Waals surface area contributed by atoms with Gasteiger partial charge in [-0.25, -0.2) is 0 Å². The highest BCUT2D eigenvalue weighted by Gasteiger charge is 2.41. The van der Waals surface area contributed by atoms with Gasteiger partial charge in [-0.05, 0) is 41.1 Å². The van der Waals surface area contributed by atoms with Crippen molar-refractivity contribution in [1.82, 2.24) is 4.98 Å². The van der Waals surface area contributed by atoms with Crippen LogP contribution < -0.4 is 0 Å². The third-order valence-electron chi connectivity index (χ3n) is 4.47. The minimum absolute atomic E-state index is 0.592. The molecule has 4 rings (SSSR count). The van der Waals surface area contributed by atoms with E-state index in [9.17, 15) is 0 Å². The standard InChI is InChI=1S/C17H14N4/c18-21-20-17(10-9-12-5-1-3-7-14(12)17)15-11-19-16-8-4-2-6-13(15)16/h1-8,11,19H,9-10H2/t17-/m0/s1. The lowest BCUT2D eigenvalue weighted by atomic mass is 9.85. The molecule has 1 aromatic heterocycles. The molecule has 1 aliphatic rings. The maximum atomic E-state index is 9.14. The van der Waals surface area contributed by atoms with Crippen LogP contribution in [-0.4, -0.2) is 4.98 Å². The molecule has 1 aliphatic carbocycles. The van der Waals surface area contributed by atoms with E-state index in [0.717, 1.165) is 34.9 Å². The molecule has 0 spiro atoms. The number of H-pyrrole nitrogens is 1. The van der Waals surface area contributed by atoms with Crippen LogP contribution in [0.3, 0.4) is 0 Å². The molecule has 0 aliphatic heterocycles. The molecule has 102 valence electrons. The molecule has 0 fully saturated rings. The summed E-state index contributed by atoms with van der Waals surface area (Å²) in [5.41, 5.74) is 13.1. The molecule has 0 saturated carbocycles. The Hall–Kier alpha value is -2.71. The quantitative estimate of drug-likeness (QED) is 0.401. The molecule has 1 heterocycles. The summed E-state index contributed by atoms with van der Waals surface area (Å²) < 4.78 is 0. The highest BCUT2D eigenvalue weighted by atomic mass is 15.2. The Balaban J connectivity index is 2.05. The summed E-state index contributed by atoms with van der Waals surface area (Å²) in [6, 6.07) is 16.4. The topological polar surface area (TPSA) is 64.6 Å². The molecule has 3 aromatic rings. The normalized spacial score (nSPS) is 20.2. The minimum Gasteiger partial charge on any atom is -0.361 e. The first-order chi connectivity index (χ1) is 10.3. The van der Waals surface area contributed by atoms with E-state index in [0.29, 0.717) is 0 Å². The Labute approximate surface area is 122 Å². The smallest absolute Gasteiger partial charge is 0.101 e. The van der Waals surface area contributed by atoms with Crippen molar-refractivity contribution >= 4 is 10.9 Å². The lowest BCUT2D eigenvalue weighted by Gasteiger charge is -2.24. The number of benzene rings is 2. The van der Waals surface area contributed by atoms with Crippen molar-refractivity contribution in [2.45, 2.75) is 18.4 Å². The number of aromatic amines is 1. The maximum absolute atomic E-state index is 9.14. The molecule has 1 N–H and O–H groups in total. The van der Waals surface area contributed by atoms with Crippen LogP contribution in [0.25, 0.3) is 21.3 Å². The van der Waals surface area contributed by atoms with Crippen LogP contribution in [0.2, 0.25) is 0 Å². The molecule has 0 amide bonds. The molecule has 0 saturated heterocycles. The zero-order valence-corrected chi connectivity index (χ0v) is 11.5. The van der Waals surface area contributed by atoms with Crippen molar-refractivity contribution in [3.63, 3.8) is 0 Å². The fraction of sp³-hybridized carbons (Fsp3) is 0.176. The molecular formula is C17H14N4. The van der Waals surface area contributed by atoms with Gasteiger partial charge in [0.1, 0.15) is 5.54 Å². The second-order valence-corrected chi connectivity index (χ2v) is 5.45. The number of hydrogen-bond acceptors (Lipinski definition) is 1. The number of para-hydroxylation sites is 1. The zero-order valence-electron chi connectivity index (χ0n) is 11.5. The molecule has 21 heavy (non-hydrogen) atoms. The summed E-state index contributed by atoms with van der Waals surface area (Å²) in [6.45, 7) is 0. The summed E-state index contributed by atoms with van der Waals surface area (Å²) in [5.74, 6) is 0. The third kappa shape index (κ3) is 1.60. The monoisotopic (exact) mass is 274 g/mol. The van der Waals surface area contributed by atoms with Gasteiger partial charge in [0.2, 0.25) is 0 Å². The van der Waals surface area contributed by atoms with E-state index in [1.54, 1.807) is 0 Å². The molecule has 0 unspecified atom stereocenters. The SMILES string of the molecule is [N-]=[N+]=N[C@@]1(c2c[nH]c3ccccc23)CCc2ccccc21. The van der Waals surface area contributed by atoms with Crippen molar-refractivity contribution in [3.05, 3.63) is 81.9 Å². The van der Waals surface area contributed by atoms with Gasteiger partial charge in [-0.1, -0.05) is 47.6 Å². The second kappa shape index (κ2) is 4.40. The van der Waals surface area contributed by atoms with Gasteiger partial charge in [0, 0.05) is 22.0 Å². The maximum Gasteiger partial charge on any atom is 0.101 e. The fourth-order valence-corrected chi connectivity index (χ4v) is 3.52. The average molecular weight is 274 g/mol. The number of rotatable bonds is 2. The Morgan fingerprint density at radius 2 is 1.86 bits per heavy atom. The van der Waals surface area contributed by atoms with E-state index in [-0.39, 0.29) is 0 Å². The van der Waals surface area contributed by atoms with Crippen LogP contribution in [0.1, 0.15) is 23.1 Å². The Kier molecular flexibility index (Phi) is 2.53.